The molecule has 1 aliphatic carbocycles. The highest BCUT2D eigenvalue weighted by Gasteiger charge is 2.28. The molecule has 2 amide bonds. The quantitative estimate of drug-likeness (QED) is 0.443. The van der Waals surface area contributed by atoms with Crippen molar-refractivity contribution >= 4 is 11.7 Å². The number of anilines is 1. The van der Waals surface area contributed by atoms with E-state index in [0.717, 1.165) is 30.0 Å². The number of urea groups is 1. The van der Waals surface area contributed by atoms with Crippen molar-refractivity contribution in [1.29, 1.82) is 5.26 Å². The maximum Gasteiger partial charge on any atom is 0.324 e. The lowest BCUT2D eigenvalue weighted by molar-refractivity contribution is 0.191. The maximum absolute atomic E-state index is 13.4. The molecule has 1 saturated carbocycles. The van der Waals surface area contributed by atoms with E-state index < -0.39 is 0 Å². The Labute approximate surface area is 201 Å². The van der Waals surface area contributed by atoms with Crippen molar-refractivity contribution in [1.82, 2.24) is 4.90 Å². The zero-order valence-electron chi connectivity index (χ0n) is 20.1. The van der Waals surface area contributed by atoms with Crippen LogP contribution < -0.4 is 19.1 Å². The summed E-state index contributed by atoms with van der Waals surface area (Å²) in [6, 6.07) is 13.1. The molecule has 4 rings (SSSR count). The minimum atomic E-state index is -0.0567. The Bertz CT molecular complexity index is 1040. The van der Waals surface area contributed by atoms with E-state index in [1.165, 1.54) is 25.7 Å². The number of rotatable bonds is 10. The lowest BCUT2D eigenvalue weighted by atomic mass is 9.82. The molecule has 0 unspecified atom stereocenters. The SMILES string of the molecule is COc1cc(C#N)ccc1CN1CCCN(c2ccc(OC)c(OCCCC3CCC3)c2)C1=O. The van der Waals surface area contributed by atoms with Gasteiger partial charge in [0.15, 0.2) is 11.5 Å². The Morgan fingerprint density at radius 1 is 1.00 bits per heavy atom. The van der Waals surface area contributed by atoms with Crippen molar-refractivity contribution in [2.75, 3.05) is 38.8 Å². The number of amides is 2. The van der Waals surface area contributed by atoms with E-state index in [9.17, 15) is 4.79 Å². The van der Waals surface area contributed by atoms with Gasteiger partial charge >= 0.3 is 6.03 Å². The Kier molecular flexibility index (Phi) is 7.79. The van der Waals surface area contributed by atoms with Gasteiger partial charge in [0.2, 0.25) is 0 Å². The lowest BCUT2D eigenvalue weighted by Gasteiger charge is -2.36. The van der Waals surface area contributed by atoms with Crippen LogP contribution >= 0.6 is 0 Å². The van der Waals surface area contributed by atoms with Crippen LogP contribution in [0.4, 0.5) is 10.5 Å². The average molecular weight is 464 g/mol. The molecule has 0 N–H and O–H groups in total. The van der Waals surface area contributed by atoms with Crippen molar-refractivity contribution in [2.24, 2.45) is 5.92 Å². The molecule has 180 valence electrons. The van der Waals surface area contributed by atoms with E-state index in [2.05, 4.69) is 6.07 Å². The van der Waals surface area contributed by atoms with E-state index in [4.69, 9.17) is 19.5 Å². The summed E-state index contributed by atoms with van der Waals surface area (Å²) in [5, 5.41) is 9.14. The Balaban J connectivity index is 1.44. The van der Waals surface area contributed by atoms with Gasteiger partial charge in [0.05, 0.1) is 39.0 Å². The van der Waals surface area contributed by atoms with E-state index in [0.29, 0.717) is 49.1 Å². The third-order valence-corrected chi connectivity index (χ3v) is 6.79. The predicted octanol–water partition coefficient (Wildman–Crippen LogP) is 5.37. The molecule has 34 heavy (non-hydrogen) atoms. The minimum Gasteiger partial charge on any atom is -0.496 e. The van der Waals surface area contributed by atoms with Gasteiger partial charge in [0.25, 0.3) is 0 Å². The number of hydrogen-bond donors (Lipinski definition) is 0. The highest BCUT2D eigenvalue weighted by Crippen LogP contribution is 2.35. The van der Waals surface area contributed by atoms with Crippen LogP contribution in [0.1, 0.15) is 49.7 Å². The molecule has 2 aromatic rings. The number of hydrogen-bond acceptors (Lipinski definition) is 5. The molecule has 2 fully saturated rings. The summed E-state index contributed by atoms with van der Waals surface area (Å²) in [4.78, 5) is 17.0. The van der Waals surface area contributed by atoms with Crippen LogP contribution in [0.15, 0.2) is 36.4 Å². The largest absolute Gasteiger partial charge is 0.496 e. The smallest absolute Gasteiger partial charge is 0.324 e. The van der Waals surface area contributed by atoms with Gasteiger partial charge < -0.3 is 19.1 Å². The predicted molar refractivity (Wildman–Crippen MR) is 131 cm³/mol. The zero-order valence-corrected chi connectivity index (χ0v) is 20.1. The van der Waals surface area contributed by atoms with Gasteiger partial charge in [-0.25, -0.2) is 4.79 Å². The number of nitrogens with zero attached hydrogens (tertiary/aromatic N) is 3. The Morgan fingerprint density at radius 3 is 2.53 bits per heavy atom. The van der Waals surface area contributed by atoms with Crippen LogP contribution in [-0.2, 0) is 6.54 Å². The number of ether oxygens (including phenoxy) is 3. The molecule has 2 aliphatic rings. The van der Waals surface area contributed by atoms with Gasteiger partial charge in [-0.2, -0.15) is 5.26 Å². The van der Waals surface area contributed by atoms with Crippen LogP contribution in [-0.4, -0.2) is 44.8 Å². The molecule has 0 atom stereocenters. The molecule has 0 spiro atoms. The summed E-state index contributed by atoms with van der Waals surface area (Å²) in [5.41, 5.74) is 2.21. The monoisotopic (exact) mass is 463 g/mol. The number of carbonyl (C=O) groups is 1. The fourth-order valence-corrected chi connectivity index (χ4v) is 4.60. The van der Waals surface area contributed by atoms with Crippen molar-refractivity contribution < 1.29 is 19.0 Å². The van der Waals surface area contributed by atoms with Crippen molar-refractivity contribution in [2.45, 2.75) is 45.1 Å². The summed E-state index contributed by atoms with van der Waals surface area (Å²) < 4.78 is 17.0. The molecule has 0 bridgehead atoms. The van der Waals surface area contributed by atoms with Crippen LogP contribution in [0.25, 0.3) is 0 Å². The maximum atomic E-state index is 13.4. The molecule has 1 saturated heterocycles. The summed E-state index contributed by atoms with van der Waals surface area (Å²) in [7, 11) is 3.21. The fourth-order valence-electron chi connectivity index (χ4n) is 4.60. The first-order chi connectivity index (χ1) is 16.6. The van der Waals surface area contributed by atoms with Gasteiger partial charge in [-0.05, 0) is 49.4 Å². The molecule has 1 aliphatic heterocycles. The standard InChI is InChI=1S/C27H33N3O4/c1-32-24-12-11-23(17-26(24)34-15-4-8-20-6-3-7-20)30-14-5-13-29(27(30)31)19-22-10-9-21(18-28)16-25(22)33-2/h9-12,16-17,20H,3-8,13-15,19H2,1-2H3. The van der Waals surface area contributed by atoms with Crippen LogP contribution in [0.5, 0.6) is 17.2 Å². The highest BCUT2D eigenvalue weighted by molar-refractivity contribution is 5.93. The van der Waals surface area contributed by atoms with E-state index >= 15 is 0 Å². The second-order valence-corrected chi connectivity index (χ2v) is 8.97. The highest BCUT2D eigenvalue weighted by atomic mass is 16.5. The van der Waals surface area contributed by atoms with E-state index in [-0.39, 0.29) is 6.03 Å². The summed E-state index contributed by atoms with van der Waals surface area (Å²) in [6.07, 6.45) is 7.15. The fraction of sp³-hybridized carbons (Fsp3) is 0.481. The number of nitriles is 1. The second-order valence-electron chi connectivity index (χ2n) is 8.97. The Morgan fingerprint density at radius 2 is 1.82 bits per heavy atom. The van der Waals surface area contributed by atoms with Gasteiger partial charge in [-0.15, -0.1) is 0 Å². The number of carbonyl (C=O) groups excluding carboxylic acids is 1. The topological polar surface area (TPSA) is 75.0 Å². The third kappa shape index (κ3) is 5.39. The van der Waals surface area contributed by atoms with Crippen LogP contribution in [0.3, 0.4) is 0 Å². The molecule has 0 aromatic heterocycles. The van der Waals surface area contributed by atoms with Gasteiger partial charge in [-0.1, -0.05) is 25.3 Å². The molecule has 0 radical (unpaired) electrons. The van der Waals surface area contributed by atoms with Crippen LogP contribution in [0.2, 0.25) is 0 Å². The van der Waals surface area contributed by atoms with Crippen LogP contribution in [0, 0.1) is 17.2 Å². The van der Waals surface area contributed by atoms with Crippen molar-refractivity contribution in [3.05, 3.63) is 47.5 Å². The number of methoxy groups -OCH3 is 2. The molecular formula is C27H33N3O4. The lowest BCUT2D eigenvalue weighted by Crippen LogP contribution is -2.49. The third-order valence-electron chi connectivity index (χ3n) is 6.79. The van der Waals surface area contributed by atoms with Gasteiger partial charge in [0.1, 0.15) is 5.75 Å². The number of benzene rings is 2. The molecule has 2 aromatic carbocycles. The van der Waals surface area contributed by atoms with E-state index in [1.807, 2.05) is 29.2 Å². The normalized spacial score (nSPS) is 16.1. The first-order valence-corrected chi connectivity index (χ1v) is 12.1. The molecule has 7 nitrogen and oxygen atoms in total. The first kappa shape index (κ1) is 23.7. The summed E-state index contributed by atoms with van der Waals surface area (Å²) >= 11 is 0. The van der Waals surface area contributed by atoms with Crippen molar-refractivity contribution in [3.63, 3.8) is 0 Å². The zero-order chi connectivity index (χ0) is 23.9. The average Bonchev–Trinajstić information content (AvgIpc) is 2.84. The van der Waals surface area contributed by atoms with E-state index in [1.54, 1.807) is 31.3 Å². The summed E-state index contributed by atoms with van der Waals surface area (Å²) in [6.45, 7) is 2.38. The second kappa shape index (κ2) is 11.1. The minimum absolute atomic E-state index is 0.0567. The molecule has 1 heterocycles. The summed E-state index contributed by atoms with van der Waals surface area (Å²) in [5.74, 6) is 2.83. The first-order valence-electron chi connectivity index (χ1n) is 12.1. The van der Waals surface area contributed by atoms with Gasteiger partial charge in [0, 0.05) is 30.4 Å². The van der Waals surface area contributed by atoms with Crippen molar-refractivity contribution in [3.8, 4) is 23.3 Å². The molecule has 7 heteroatoms. The molecular weight excluding hydrogens is 430 g/mol. The van der Waals surface area contributed by atoms with Gasteiger partial charge in [-0.3, -0.25) is 4.90 Å². The Hall–Kier alpha value is -3.40.